The summed E-state index contributed by atoms with van der Waals surface area (Å²) in [6, 6.07) is 5.78. The zero-order valence-corrected chi connectivity index (χ0v) is 8.64. The van der Waals surface area contributed by atoms with E-state index in [0.29, 0.717) is 0 Å². The van der Waals surface area contributed by atoms with Crippen LogP contribution in [0.4, 0.5) is 16.5 Å². The Bertz CT molecular complexity index is 423. The lowest BCUT2D eigenvalue weighted by Gasteiger charge is -2.06. The number of nitrogens with zero attached hydrogens (tertiary/aromatic N) is 1. The summed E-state index contributed by atoms with van der Waals surface area (Å²) in [6.07, 6.45) is 1.78. The first kappa shape index (κ1) is 9.02. The molecule has 3 nitrogen and oxygen atoms in total. The number of rotatable bonds is 2. The lowest BCUT2D eigenvalue weighted by molar-refractivity contribution is 1.37. The highest BCUT2D eigenvalue weighted by Gasteiger charge is 2.00. The minimum atomic E-state index is 0.784. The molecular formula is C10H11N3S. The number of nitrogens with two attached hydrogens (primary N) is 1. The summed E-state index contributed by atoms with van der Waals surface area (Å²) in [5.74, 6) is 0. The molecule has 1 aromatic carbocycles. The van der Waals surface area contributed by atoms with E-state index in [-0.39, 0.29) is 0 Å². The Kier molecular flexibility index (Phi) is 2.37. The van der Waals surface area contributed by atoms with E-state index in [2.05, 4.69) is 10.3 Å². The molecular weight excluding hydrogens is 194 g/mol. The van der Waals surface area contributed by atoms with E-state index in [4.69, 9.17) is 5.73 Å². The Morgan fingerprint density at radius 1 is 1.43 bits per heavy atom. The summed E-state index contributed by atoms with van der Waals surface area (Å²) in [5, 5.41) is 6.07. The molecule has 0 bridgehead atoms. The summed E-state index contributed by atoms with van der Waals surface area (Å²) in [7, 11) is 0. The van der Waals surface area contributed by atoms with Gasteiger partial charge in [0, 0.05) is 23.0 Å². The minimum absolute atomic E-state index is 0.784. The van der Waals surface area contributed by atoms with Gasteiger partial charge in [-0.05, 0) is 30.7 Å². The zero-order valence-electron chi connectivity index (χ0n) is 7.82. The van der Waals surface area contributed by atoms with Gasteiger partial charge in [-0.25, -0.2) is 4.98 Å². The third kappa shape index (κ3) is 1.85. The van der Waals surface area contributed by atoms with Crippen molar-refractivity contribution in [3.8, 4) is 0 Å². The number of nitrogens with one attached hydrogen (secondary N) is 1. The van der Waals surface area contributed by atoms with Crippen LogP contribution in [0.15, 0.2) is 29.8 Å². The van der Waals surface area contributed by atoms with Crippen LogP contribution in [0, 0.1) is 6.92 Å². The molecule has 0 saturated heterocycles. The van der Waals surface area contributed by atoms with Crippen molar-refractivity contribution < 1.29 is 0 Å². The fourth-order valence-corrected chi connectivity index (χ4v) is 1.77. The predicted molar refractivity (Wildman–Crippen MR) is 61.0 cm³/mol. The van der Waals surface area contributed by atoms with Crippen LogP contribution in [0.5, 0.6) is 0 Å². The standard InChI is InChI=1S/C10H11N3S/c1-7-6-8(11)2-3-9(7)13-10-12-4-5-14-10/h2-6H,11H2,1H3,(H,12,13). The molecule has 0 spiro atoms. The predicted octanol–water partition coefficient (Wildman–Crippen LogP) is 2.78. The summed E-state index contributed by atoms with van der Waals surface area (Å²) in [5.41, 5.74) is 8.62. The number of hydrogen-bond acceptors (Lipinski definition) is 4. The average Bonchev–Trinajstić information content (AvgIpc) is 2.62. The van der Waals surface area contributed by atoms with Crippen LogP contribution in [0.3, 0.4) is 0 Å². The highest BCUT2D eigenvalue weighted by atomic mass is 32.1. The lowest BCUT2D eigenvalue weighted by atomic mass is 10.2. The number of thiazole rings is 1. The van der Waals surface area contributed by atoms with Crippen molar-refractivity contribution in [3.05, 3.63) is 35.3 Å². The number of anilines is 3. The van der Waals surface area contributed by atoms with Crippen molar-refractivity contribution in [1.29, 1.82) is 0 Å². The molecule has 1 aromatic heterocycles. The summed E-state index contributed by atoms with van der Waals surface area (Å²) in [4.78, 5) is 4.15. The first-order valence-electron chi connectivity index (χ1n) is 4.28. The molecule has 4 heteroatoms. The van der Waals surface area contributed by atoms with Gasteiger partial charge in [-0.2, -0.15) is 0 Å². The molecule has 0 unspecified atom stereocenters. The molecule has 0 saturated carbocycles. The molecule has 0 aliphatic heterocycles. The van der Waals surface area contributed by atoms with E-state index in [1.807, 2.05) is 30.5 Å². The molecule has 0 amide bonds. The summed E-state index contributed by atoms with van der Waals surface area (Å²) >= 11 is 1.58. The normalized spacial score (nSPS) is 10.1. The van der Waals surface area contributed by atoms with E-state index in [9.17, 15) is 0 Å². The van der Waals surface area contributed by atoms with Gasteiger partial charge >= 0.3 is 0 Å². The van der Waals surface area contributed by atoms with Crippen LogP contribution < -0.4 is 11.1 Å². The number of nitrogen functional groups attached to an aromatic ring is 1. The van der Waals surface area contributed by atoms with Crippen molar-refractivity contribution in [2.75, 3.05) is 11.1 Å². The Balaban J connectivity index is 2.25. The second-order valence-electron chi connectivity index (χ2n) is 3.04. The Labute approximate surface area is 86.6 Å². The van der Waals surface area contributed by atoms with E-state index < -0.39 is 0 Å². The van der Waals surface area contributed by atoms with Crippen LogP contribution in [0.1, 0.15) is 5.56 Å². The minimum Gasteiger partial charge on any atom is -0.399 e. The largest absolute Gasteiger partial charge is 0.399 e. The number of hydrogen-bond donors (Lipinski definition) is 2. The fraction of sp³-hybridized carbons (Fsp3) is 0.100. The van der Waals surface area contributed by atoms with Gasteiger partial charge in [0.2, 0.25) is 0 Å². The zero-order chi connectivity index (χ0) is 9.97. The third-order valence-corrected chi connectivity index (χ3v) is 2.61. The second-order valence-corrected chi connectivity index (χ2v) is 3.93. The average molecular weight is 205 g/mol. The van der Waals surface area contributed by atoms with Crippen molar-refractivity contribution in [2.45, 2.75) is 6.92 Å². The fourth-order valence-electron chi connectivity index (χ4n) is 1.23. The number of aromatic nitrogens is 1. The highest BCUT2D eigenvalue weighted by Crippen LogP contribution is 2.23. The molecule has 0 aliphatic carbocycles. The van der Waals surface area contributed by atoms with Crippen LogP contribution >= 0.6 is 11.3 Å². The number of aryl methyl sites for hydroxylation is 1. The van der Waals surface area contributed by atoms with Gasteiger partial charge < -0.3 is 11.1 Å². The molecule has 0 fully saturated rings. The van der Waals surface area contributed by atoms with Gasteiger partial charge in [0.15, 0.2) is 5.13 Å². The van der Waals surface area contributed by atoms with Gasteiger partial charge in [-0.15, -0.1) is 11.3 Å². The molecule has 14 heavy (non-hydrogen) atoms. The van der Waals surface area contributed by atoms with Gasteiger partial charge in [0.05, 0.1) is 0 Å². The Morgan fingerprint density at radius 3 is 2.93 bits per heavy atom. The van der Waals surface area contributed by atoms with Crippen LogP contribution in [0.25, 0.3) is 0 Å². The molecule has 2 rings (SSSR count). The molecule has 0 aliphatic rings. The Morgan fingerprint density at radius 2 is 2.29 bits per heavy atom. The molecule has 0 atom stereocenters. The topological polar surface area (TPSA) is 50.9 Å². The second kappa shape index (κ2) is 3.67. The van der Waals surface area contributed by atoms with Gasteiger partial charge in [0.1, 0.15) is 0 Å². The van der Waals surface area contributed by atoms with Gasteiger partial charge in [-0.3, -0.25) is 0 Å². The van der Waals surface area contributed by atoms with Gasteiger partial charge in [-0.1, -0.05) is 0 Å². The van der Waals surface area contributed by atoms with E-state index >= 15 is 0 Å². The first-order chi connectivity index (χ1) is 6.75. The number of benzene rings is 1. The highest BCUT2D eigenvalue weighted by molar-refractivity contribution is 7.13. The molecule has 2 aromatic rings. The summed E-state index contributed by atoms with van der Waals surface area (Å²) < 4.78 is 0. The molecule has 72 valence electrons. The smallest absolute Gasteiger partial charge is 0.187 e. The maximum atomic E-state index is 5.66. The van der Waals surface area contributed by atoms with Crippen LogP contribution in [0.2, 0.25) is 0 Å². The maximum Gasteiger partial charge on any atom is 0.187 e. The van der Waals surface area contributed by atoms with Gasteiger partial charge in [0.25, 0.3) is 0 Å². The molecule has 1 heterocycles. The first-order valence-corrected chi connectivity index (χ1v) is 5.16. The quantitative estimate of drug-likeness (QED) is 0.741. The Hall–Kier alpha value is -1.55. The van der Waals surface area contributed by atoms with E-state index in [1.165, 1.54) is 0 Å². The van der Waals surface area contributed by atoms with Crippen molar-refractivity contribution in [2.24, 2.45) is 0 Å². The lowest BCUT2D eigenvalue weighted by Crippen LogP contribution is -1.93. The van der Waals surface area contributed by atoms with Crippen molar-refractivity contribution in [3.63, 3.8) is 0 Å². The van der Waals surface area contributed by atoms with Crippen LogP contribution in [-0.4, -0.2) is 4.98 Å². The van der Waals surface area contributed by atoms with E-state index in [1.54, 1.807) is 17.5 Å². The van der Waals surface area contributed by atoms with Crippen molar-refractivity contribution >= 4 is 27.8 Å². The molecule has 3 N–H and O–H groups in total. The van der Waals surface area contributed by atoms with Crippen molar-refractivity contribution in [1.82, 2.24) is 4.98 Å². The SMILES string of the molecule is Cc1cc(N)ccc1Nc1nccs1. The summed E-state index contributed by atoms with van der Waals surface area (Å²) in [6.45, 7) is 2.02. The van der Waals surface area contributed by atoms with Crippen LogP contribution in [-0.2, 0) is 0 Å². The third-order valence-electron chi connectivity index (χ3n) is 1.92. The van der Waals surface area contributed by atoms with E-state index in [0.717, 1.165) is 22.1 Å². The maximum absolute atomic E-state index is 5.66. The monoisotopic (exact) mass is 205 g/mol. The molecule has 0 radical (unpaired) electrons.